The van der Waals surface area contributed by atoms with Gasteiger partial charge in [0.1, 0.15) is 11.6 Å². The molecule has 1 unspecified atom stereocenters. The Morgan fingerprint density at radius 3 is 2.42 bits per heavy atom. The van der Waals surface area contributed by atoms with E-state index < -0.39 is 6.36 Å². The van der Waals surface area contributed by atoms with Crippen molar-refractivity contribution < 1.29 is 17.9 Å². The summed E-state index contributed by atoms with van der Waals surface area (Å²) in [5.74, 6) is 0.530. The van der Waals surface area contributed by atoms with E-state index in [1.54, 1.807) is 12.1 Å². The fourth-order valence-electron chi connectivity index (χ4n) is 3.01. The number of ether oxygens (including phenoxy) is 1. The molecule has 1 aromatic carbocycles. The van der Waals surface area contributed by atoms with Crippen molar-refractivity contribution in [2.75, 3.05) is 19.0 Å². The molecule has 0 amide bonds. The minimum Gasteiger partial charge on any atom is -0.406 e. The van der Waals surface area contributed by atoms with E-state index in [0.717, 1.165) is 35.5 Å². The summed E-state index contributed by atoms with van der Waals surface area (Å²) in [6, 6.07) is 5.89. The number of aromatic nitrogens is 2. The number of alkyl halides is 3. The number of hydrogen-bond acceptors (Lipinski definition) is 4. The van der Waals surface area contributed by atoms with E-state index >= 15 is 0 Å². The third-order valence-corrected chi connectivity index (χ3v) is 4.11. The lowest BCUT2D eigenvalue weighted by atomic mass is 9.96. The van der Waals surface area contributed by atoms with Crippen molar-refractivity contribution in [1.82, 2.24) is 9.97 Å². The number of rotatable bonds is 3. The molecule has 0 bridgehead atoms. The zero-order chi connectivity index (χ0) is 17.5. The molecule has 0 saturated carbocycles. The van der Waals surface area contributed by atoms with Gasteiger partial charge in [-0.3, -0.25) is 0 Å². The van der Waals surface area contributed by atoms with Crippen LogP contribution in [0.2, 0.25) is 5.28 Å². The summed E-state index contributed by atoms with van der Waals surface area (Å²) in [4.78, 5) is 10.5. The Kier molecular flexibility index (Phi) is 4.29. The predicted molar refractivity (Wildman–Crippen MR) is 84.7 cm³/mol. The lowest BCUT2D eigenvalue weighted by molar-refractivity contribution is -0.274. The number of halogens is 4. The summed E-state index contributed by atoms with van der Waals surface area (Å²) < 4.78 is 40.6. The molecule has 1 aliphatic carbocycles. The van der Waals surface area contributed by atoms with E-state index in [4.69, 9.17) is 11.6 Å². The van der Waals surface area contributed by atoms with Crippen LogP contribution in [0.1, 0.15) is 29.2 Å². The van der Waals surface area contributed by atoms with Gasteiger partial charge in [-0.15, -0.1) is 13.2 Å². The van der Waals surface area contributed by atoms with Crippen molar-refractivity contribution in [2.45, 2.75) is 25.1 Å². The predicted octanol–water partition coefficient (Wildman–Crippen LogP) is 4.17. The second kappa shape index (κ2) is 6.12. The molecule has 0 fully saturated rings. The number of fused-ring (bicyclic) bond motifs is 1. The van der Waals surface area contributed by atoms with Gasteiger partial charge in [-0.1, -0.05) is 12.1 Å². The third-order valence-electron chi connectivity index (χ3n) is 3.94. The quantitative estimate of drug-likeness (QED) is 0.773. The molecule has 24 heavy (non-hydrogen) atoms. The Balaban J connectivity index is 1.91. The van der Waals surface area contributed by atoms with Crippen LogP contribution < -0.4 is 9.64 Å². The van der Waals surface area contributed by atoms with Crippen LogP contribution in [0.3, 0.4) is 0 Å². The van der Waals surface area contributed by atoms with Crippen LogP contribution in [-0.2, 0) is 6.42 Å². The molecule has 8 heteroatoms. The van der Waals surface area contributed by atoms with Crippen molar-refractivity contribution in [1.29, 1.82) is 0 Å². The largest absolute Gasteiger partial charge is 0.573 e. The number of anilines is 1. The molecule has 1 heterocycles. The maximum atomic E-state index is 12.2. The minimum absolute atomic E-state index is 0.0147. The summed E-state index contributed by atoms with van der Waals surface area (Å²) >= 11 is 6.03. The molecule has 4 nitrogen and oxygen atoms in total. The Labute approximate surface area is 142 Å². The maximum Gasteiger partial charge on any atom is 0.573 e. The minimum atomic E-state index is -4.69. The van der Waals surface area contributed by atoms with E-state index in [2.05, 4.69) is 14.7 Å². The lowest BCUT2D eigenvalue weighted by Gasteiger charge is -2.17. The smallest absolute Gasteiger partial charge is 0.406 e. The fraction of sp³-hybridized carbons (Fsp3) is 0.375. The average molecular weight is 358 g/mol. The van der Waals surface area contributed by atoms with Gasteiger partial charge < -0.3 is 9.64 Å². The first-order valence-corrected chi connectivity index (χ1v) is 7.72. The molecule has 0 saturated heterocycles. The molecule has 1 aromatic heterocycles. The highest BCUT2D eigenvalue weighted by Gasteiger charge is 2.32. The Morgan fingerprint density at radius 2 is 1.83 bits per heavy atom. The van der Waals surface area contributed by atoms with Crippen molar-refractivity contribution in [2.24, 2.45) is 0 Å². The van der Waals surface area contributed by atoms with Crippen LogP contribution in [0.5, 0.6) is 5.75 Å². The van der Waals surface area contributed by atoms with E-state index in [1.807, 2.05) is 19.0 Å². The lowest BCUT2D eigenvalue weighted by Crippen LogP contribution is -2.17. The van der Waals surface area contributed by atoms with Crippen molar-refractivity contribution in [3.05, 3.63) is 46.4 Å². The second-order valence-corrected chi connectivity index (χ2v) is 6.12. The van der Waals surface area contributed by atoms with Crippen LogP contribution >= 0.6 is 11.6 Å². The first kappa shape index (κ1) is 16.8. The molecule has 128 valence electrons. The maximum absolute atomic E-state index is 12.2. The molecule has 1 aliphatic rings. The van der Waals surface area contributed by atoms with Crippen molar-refractivity contribution >= 4 is 17.4 Å². The summed E-state index contributed by atoms with van der Waals surface area (Å²) in [5, 5.41) is 0.168. The highest BCUT2D eigenvalue weighted by Crippen LogP contribution is 2.41. The van der Waals surface area contributed by atoms with Crippen molar-refractivity contribution in [3.8, 4) is 5.75 Å². The Bertz CT molecular complexity index is 747. The van der Waals surface area contributed by atoms with Gasteiger partial charge in [-0.2, -0.15) is 0 Å². The number of hydrogen-bond donors (Lipinski definition) is 0. The standard InChI is InChI=1S/C16H15ClF3N3O/c1-23(2)14-12-8-7-11(13(12)21-15(17)22-14)9-3-5-10(6-4-9)24-16(18,19)20/h3-6,11H,7-8H2,1-2H3. The third kappa shape index (κ3) is 3.40. The zero-order valence-electron chi connectivity index (χ0n) is 13.1. The molecule has 0 radical (unpaired) electrons. The molecule has 2 aromatic rings. The first-order valence-electron chi connectivity index (χ1n) is 7.34. The summed E-state index contributed by atoms with van der Waals surface area (Å²) in [7, 11) is 3.77. The number of benzene rings is 1. The van der Waals surface area contributed by atoms with E-state index in [-0.39, 0.29) is 17.0 Å². The summed E-state index contributed by atoms with van der Waals surface area (Å²) in [6.07, 6.45) is -3.08. The van der Waals surface area contributed by atoms with Crippen LogP contribution in [0.4, 0.5) is 19.0 Å². The van der Waals surface area contributed by atoms with Gasteiger partial charge in [0.15, 0.2) is 0 Å². The first-order chi connectivity index (χ1) is 11.2. The van der Waals surface area contributed by atoms with Gasteiger partial charge in [0.25, 0.3) is 0 Å². The van der Waals surface area contributed by atoms with Gasteiger partial charge in [0.2, 0.25) is 5.28 Å². The van der Waals surface area contributed by atoms with Gasteiger partial charge in [-0.25, -0.2) is 9.97 Å². The van der Waals surface area contributed by atoms with Crippen LogP contribution in [-0.4, -0.2) is 30.4 Å². The van der Waals surface area contributed by atoms with Gasteiger partial charge in [0, 0.05) is 25.6 Å². The topological polar surface area (TPSA) is 38.2 Å². The molecular formula is C16H15ClF3N3O. The average Bonchev–Trinajstić information content (AvgIpc) is 2.89. The highest BCUT2D eigenvalue weighted by molar-refractivity contribution is 6.28. The van der Waals surface area contributed by atoms with E-state index in [1.165, 1.54) is 12.1 Å². The molecule has 1 atom stereocenters. The van der Waals surface area contributed by atoms with Crippen LogP contribution in [0, 0.1) is 0 Å². The summed E-state index contributed by atoms with van der Waals surface area (Å²) in [5.41, 5.74) is 2.75. The van der Waals surface area contributed by atoms with E-state index in [0.29, 0.717) is 0 Å². The van der Waals surface area contributed by atoms with Crippen molar-refractivity contribution in [3.63, 3.8) is 0 Å². The number of nitrogens with zero attached hydrogens (tertiary/aromatic N) is 3. The van der Waals surface area contributed by atoms with Gasteiger partial charge >= 0.3 is 6.36 Å². The SMILES string of the molecule is CN(C)c1nc(Cl)nc2c1CCC2c1ccc(OC(F)(F)F)cc1. The van der Waals surface area contributed by atoms with Gasteiger partial charge in [0.05, 0.1) is 5.69 Å². The van der Waals surface area contributed by atoms with Crippen LogP contribution in [0.25, 0.3) is 0 Å². The Hall–Kier alpha value is -2.02. The monoisotopic (exact) mass is 357 g/mol. The fourth-order valence-corrected chi connectivity index (χ4v) is 3.18. The van der Waals surface area contributed by atoms with E-state index in [9.17, 15) is 13.2 Å². The normalized spacial score (nSPS) is 16.8. The Morgan fingerprint density at radius 1 is 1.17 bits per heavy atom. The molecule has 0 spiro atoms. The molecule has 3 rings (SSSR count). The highest BCUT2D eigenvalue weighted by atomic mass is 35.5. The zero-order valence-corrected chi connectivity index (χ0v) is 13.8. The molecular weight excluding hydrogens is 343 g/mol. The summed E-state index contributed by atoms with van der Waals surface area (Å²) in [6.45, 7) is 0. The van der Waals surface area contributed by atoms with Crippen LogP contribution in [0.15, 0.2) is 24.3 Å². The van der Waals surface area contributed by atoms with Gasteiger partial charge in [-0.05, 0) is 42.1 Å². The molecule has 0 N–H and O–H groups in total. The molecule has 0 aliphatic heterocycles. The second-order valence-electron chi connectivity index (χ2n) is 5.78.